The van der Waals surface area contributed by atoms with Gasteiger partial charge in [-0.15, -0.1) is 0 Å². The van der Waals surface area contributed by atoms with E-state index in [9.17, 15) is 15.0 Å². The van der Waals surface area contributed by atoms with Crippen LogP contribution in [0.4, 0.5) is 0 Å². The summed E-state index contributed by atoms with van der Waals surface area (Å²) in [6, 6.07) is 12.2. The van der Waals surface area contributed by atoms with Crippen LogP contribution >= 0.6 is 0 Å². The second kappa shape index (κ2) is 11.6. The van der Waals surface area contributed by atoms with Crippen molar-refractivity contribution in [2.24, 2.45) is 0 Å². The van der Waals surface area contributed by atoms with Crippen molar-refractivity contribution in [3.8, 4) is 39.8 Å². The number of carboxylic acids is 1. The molecule has 0 bridgehead atoms. The number of para-hydroxylation sites is 1. The minimum atomic E-state index is -1.03. The number of hydrogen-bond acceptors (Lipinski definition) is 6. The number of unbranched alkanes of at least 4 members (excludes halogenated alkanes) is 1. The minimum Gasteiger partial charge on any atom is -0.493 e. The summed E-state index contributed by atoms with van der Waals surface area (Å²) in [6.07, 6.45) is 1.81. The zero-order valence-electron chi connectivity index (χ0n) is 20.1. The predicted octanol–water partition coefficient (Wildman–Crippen LogP) is 4.88. The second-order valence-electron chi connectivity index (χ2n) is 7.92. The lowest BCUT2D eigenvalue weighted by Crippen LogP contribution is -2.16. The molecule has 8 nitrogen and oxygen atoms in total. The molecule has 1 aromatic heterocycles. The highest BCUT2D eigenvalue weighted by Crippen LogP contribution is 2.40. The number of benzene rings is 2. The Labute approximate surface area is 199 Å². The molecular weight excluding hydrogens is 436 g/mol. The summed E-state index contributed by atoms with van der Waals surface area (Å²) < 4.78 is 18.8. The molecule has 0 fully saturated rings. The molecule has 182 valence electrons. The summed E-state index contributed by atoms with van der Waals surface area (Å²) in [5, 5.41) is 24.7. The molecule has 1 heterocycles. The molecule has 0 aliphatic rings. The van der Waals surface area contributed by atoms with E-state index < -0.39 is 12.1 Å². The second-order valence-corrected chi connectivity index (χ2v) is 7.92. The van der Waals surface area contributed by atoms with Gasteiger partial charge >= 0.3 is 5.97 Å². The van der Waals surface area contributed by atoms with Crippen molar-refractivity contribution in [3.05, 3.63) is 48.0 Å². The Kier molecular flexibility index (Phi) is 8.54. The number of carboxylic acid groups (broad SMARTS) is 1. The zero-order chi connectivity index (χ0) is 24.7. The van der Waals surface area contributed by atoms with Crippen LogP contribution in [0.3, 0.4) is 0 Å². The molecule has 0 aliphatic heterocycles. The van der Waals surface area contributed by atoms with Gasteiger partial charge < -0.3 is 24.4 Å². The molecule has 2 N–H and O–H groups in total. The van der Waals surface area contributed by atoms with Crippen LogP contribution in [0.25, 0.3) is 22.5 Å². The molecule has 0 aliphatic carbocycles. The van der Waals surface area contributed by atoms with Gasteiger partial charge in [-0.2, -0.15) is 5.10 Å². The van der Waals surface area contributed by atoms with Crippen LogP contribution in [-0.4, -0.2) is 52.9 Å². The van der Waals surface area contributed by atoms with Gasteiger partial charge in [-0.1, -0.05) is 26.3 Å². The summed E-state index contributed by atoms with van der Waals surface area (Å²) in [6.45, 7) is 4.75. The standard InChI is InChI=1S/C26H32N2O6/c1-5-7-13-34-23-12-11-17(26(30)31)14-20(23)21-15-22(28(27-21)16-18(29)6-2)19-9-8-10-24(32-3)25(19)33-4/h8-12,14-15,18,29H,5-7,13,16H2,1-4H3,(H,30,31). The van der Waals surface area contributed by atoms with Gasteiger partial charge in [0, 0.05) is 11.1 Å². The Morgan fingerprint density at radius 2 is 1.85 bits per heavy atom. The number of methoxy groups -OCH3 is 2. The van der Waals surface area contributed by atoms with Crippen molar-refractivity contribution in [2.75, 3.05) is 20.8 Å². The van der Waals surface area contributed by atoms with Crippen LogP contribution in [0, 0.1) is 0 Å². The van der Waals surface area contributed by atoms with E-state index in [1.807, 2.05) is 25.1 Å². The number of hydrogen-bond donors (Lipinski definition) is 2. The van der Waals surface area contributed by atoms with Crippen LogP contribution in [-0.2, 0) is 6.54 Å². The van der Waals surface area contributed by atoms with E-state index in [-0.39, 0.29) is 12.1 Å². The highest BCUT2D eigenvalue weighted by Gasteiger charge is 2.21. The third-order valence-electron chi connectivity index (χ3n) is 5.57. The average Bonchev–Trinajstić information content (AvgIpc) is 3.26. The first kappa shape index (κ1) is 25.1. The Morgan fingerprint density at radius 3 is 2.50 bits per heavy atom. The van der Waals surface area contributed by atoms with Crippen molar-refractivity contribution < 1.29 is 29.2 Å². The summed E-state index contributed by atoms with van der Waals surface area (Å²) >= 11 is 0. The number of ether oxygens (including phenoxy) is 3. The zero-order valence-corrected chi connectivity index (χ0v) is 20.1. The van der Waals surface area contributed by atoms with Crippen LogP contribution in [0.5, 0.6) is 17.2 Å². The monoisotopic (exact) mass is 468 g/mol. The summed E-state index contributed by atoms with van der Waals surface area (Å²) in [4.78, 5) is 11.7. The fraction of sp³-hybridized carbons (Fsp3) is 0.385. The molecule has 0 amide bonds. The van der Waals surface area contributed by atoms with E-state index >= 15 is 0 Å². The maximum atomic E-state index is 11.7. The number of aromatic carboxylic acids is 1. The Morgan fingerprint density at radius 1 is 1.06 bits per heavy atom. The highest BCUT2D eigenvalue weighted by molar-refractivity contribution is 5.90. The van der Waals surface area contributed by atoms with E-state index in [0.29, 0.717) is 47.2 Å². The maximum Gasteiger partial charge on any atom is 0.335 e. The van der Waals surface area contributed by atoms with Crippen molar-refractivity contribution in [3.63, 3.8) is 0 Å². The summed E-state index contributed by atoms with van der Waals surface area (Å²) in [5.41, 5.74) is 2.70. The molecule has 0 spiro atoms. The van der Waals surface area contributed by atoms with E-state index in [1.165, 1.54) is 6.07 Å². The number of aliphatic hydroxyl groups excluding tert-OH is 1. The Bertz CT molecular complexity index is 1120. The lowest BCUT2D eigenvalue weighted by molar-refractivity contribution is 0.0697. The number of nitrogens with zero attached hydrogens (tertiary/aromatic N) is 2. The third kappa shape index (κ3) is 5.51. The van der Waals surface area contributed by atoms with Crippen LogP contribution < -0.4 is 14.2 Å². The lowest BCUT2D eigenvalue weighted by atomic mass is 10.0. The third-order valence-corrected chi connectivity index (χ3v) is 5.57. The Hall–Kier alpha value is -3.52. The topological polar surface area (TPSA) is 103 Å². The van der Waals surface area contributed by atoms with Crippen LogP contribution in [0.2, 0.25) is 0 Å². The SMILES string of the molecule is CCCCOc1ccc(C(=O)O)cc1-c1cc(-c2cccc(OC)c2OC)n(CC(O)CC)n1. The average molecular weight is 469 g/mol. The minimum absolute atomic E-state index is 0.140. The molecule has 2 aromatic carbocycles. The largest absolute Gasteiger partial charge is 0.493 e. The molecule has 0 saturated carbocycles. The first-order valence-electron chi connectivity index (χ1n) is 11.4. The van der Waals surface area contributed by atoms with Crippen molar-refractivity contribution in [2.45, 2.75) is 45.8 Å². The molecule has 34 heavy (non-hydrogen) atoms. The van der Waals surface area contributed by atoms with Gasteiger partial charge in [-0.05, 0) is 49.2 Å². The van der Waals surface area contributed by atoms with E-state index in [1.54, 1.807) is 37.1 Å². The highest BCUT2D eigenvalue weighted by atomic mass is 16.5. The normalized spacial score (nSPS) is 11.8. The molecule has 1 unspecified atom stereocenters. The van der Waals surface area contributed by atoms with Gasteiger partial charge in [0.15, 0.2) is 11.5 Å². The molecule has 3 rings (SSSR count). The quantitative estimate of drug-likeness (QED) is 0.365. The predicted molar refractivity (Wildman–Crippen MR) is 130 cm³/mol. The fourth-order valence-electron chi connectivity index (χ4n) is 3.64. The van der Waals surface area contributed by atoms with Crippen LogP contribution in [0.15, 0.2) is 42.5 Å². The van der Waals surface area contributed by atoms with E-state index in [2.05, 4.69) is 6.92 Å². The maximum absolute atomic E-state index is 11.7. The van der Waals surface area contributed by atoms with Crippen LogP contribution in [0.1, 0.15) is 43.5 Å². The van der Waals surface area contributed by atoms with Crippen molar-refractivity contribution in [1.29, 1.82) is 0 Å². The molecule has 0 saturated heterocycles. The molecular formula is C26H32N2O6. The Balaban J connectivity index is 2.19. The van der Waals surface area contributed by atoms with Gasteiger partial charge in [-0.3, -0.25) is 4.68 Å². The summed E-state index contributed by atoms with van der Waals surface area (Å²) in [7, 11) is 3.14. The van der Waals surface area contributed by atoms with Crippen molar-refractivity contribution >= 4 is 5.97 Å². The number of aromatic nitrogens is 2. The molecule has 3 aromatic rings. The summed E-state index contributed by atoms with van der Waals surface area (Å²) in [5.74, 6) is 0.643. The first-order chi connectivity index (χ1) is 16.4. The molecule has 0 radical (unpaired) electrons. The number of carbonyl (C=O) groups is 1. The van der Waals surface area contributed by atoms with E-state index in [4.69, 9.17) is 19.3 Å². The lowest BCUT2D eigenvalue weighted by Gasteiger charge is -2.15. The smallest absolute Gasteiger partial charge is 0.335 e. The van der Waals surface area contributed by atoms with E-state index in [0.717, 1.165) is 18.4 Å². The molecule has 8 heteroatoms. The van der Waals surface area contributed by atoms with Gasteiger partial charge in [-0.25, -0.2) is 4.79 Å². The number of aliphatic hydroxyl groups is 1. The number of rotatable bonds is 12. The van der Waals surface area contributed by atoms with Gasteiger partial charge in [0.1, 0.15) is 5.75 Å². The fourth-order valence-corrected chi connectivity index (χ4v) is 3.64. The van der Waals surface area contributed by atoms with Crippen molar-refractivity contribution in [1.82, 2.24) is 9.78 Å². The first-order valence-corrected chi connectivity index (χ1v) is 11.4. The van der Waals surface area contributed by atoms with Gasteiger partial charge in [0.25, 0.3) is 0 Å². The molecule has 1 atom stereocenters. The van der Waals surface area contributed by atoms with Gasteiger partial charge in [0.2, 0.25) is 0 Å². The van der Waals surface area contributed by atoms with Gasteiger partial charge in [0.05, 0.1) is 50.4 Å².